The van der Waals surface area contributed by atoms with E-state index < -0.39 is 15.8 Å². The van der Waals surface area contributed by atoms with Crippen LogP contribution in [-0.2, 0) is 16.4 Å². The van der Waals surface area contributed by atoms with Crippen molar-refractivity contribution >= 4 is 27.4 Å². The first-order chi connectivity index (χ1) is 10.3. The van der Waals surface area contributed by atoms with Crippen LogP contribution >= 0.6 is 11.6 Å². The van der Waals surface area contributed by atoms with Crippen LogP contribution in [0.2, 0.25) is 5.02 Å². The molecule has 1 unspecified atom stereocenters. The molecule has 1 fully saturated rings. The Bertz CT molecular complexity index is 660. The molecule has 0 amide bonds. The number of carboxylic acids is 1. The largest absolute Gasteiger partial charge is 0.478 e. The van der Waals surface area contributed by atoms with Crippen molar-refractivity contribution in [2.75, 3.05) is 18.1 Å². The van der Waals surface area contributed by atoms with Crippen molar-refractivity contribution in [2.45, 2.75) is 32.4 Å². The highest BCUT2D eigenvalue weighted by atomic mass is 35.5. The van der Waals surface area contributed by atoms with Gasteiger partial charge in [-0.2, -0.15) is 0 Å². The van der Waals surface area contributed by atoms with Gasteiger partial charge in [-0.05, 0) is 37.1 Å². The number of halogens is 1. The Morgan fingerprint density at radius 1 is 1.45 bits per heavy atom. The van der Waals surface area contributed by atoms with E-state index in [0.29, 0.717) is 13.0 Å². The second kappa shape index (κ2) is 6.98. The first-order valence-corrected chi connectivity index (χ1v) is 9.48. The van der Waals surface area contributed by atoms with Crippen LogP contribution in [0.4, 0.5) is 0 Å². The Morgan fingerprint density at radius 3 is 2.68 bits per heavy atom. The molecule has 1 heterocycles. The number of aromatic carboxylic acids is 1. The summed E-state index contributed by atoms with van der Waals surface area (Å²) in [5.41, 5.74) is 0.976. The van der Waals surface area contributed by atoms with Crippen molar-refractivity contribution in [3.8, 4) is 0 Å². The second-order valence-corrected chi connectivity index (χ2v) is 8.28. The number of rotatable bonds is 6. The minimum Gasteiger partial charge on any atom is -0.478 e. The first-order valence-electron chi connectivity index (χ1n) is 7.28. The summed E-state index contributed by atoms with van der Waals surface area (Å²) in [6, 6.07) is 4.91. The van der Waals surface area contributed by atoms with Crippen LogP contribution < -0.4 is 0 Å². The van der Waals surface area contributed by atoms with Gasteiger partial charge in [0.2, 0.25) is 0 Å². The zero-order valence-electron chi connectivity index (χ0n) is 12.5. The van der Waals surface area contributed by atoms with Gasteiger partial charge in [0.1, 0.15) is 0 Å². The average Bonchev–Trinajstić information content (AvgIpc) is 2.78. The summed E-state index contributed by atoms with van der Waals surface area (Å²) in [5.74, 6) is -0.603. The molecule has 0 bridgehead atoms. The number of sulfone groups is 1. The molecule has 1 saturated heterocycles. The third kappa shape index (κ3) is 4.21. The lowest BCUT2D eigenvalue weighted by atomic mass is 10.1. The van der Waals surface area contributed by atoms with Crippen molar-refractivity contribution in [3.63, 3.8) is 0 Å². The first kappa shape index (κ1) is 17.2. The molecule has 5 nitrogen and oxygen atoms in total. The van der Waals surface area contributed by atoms with Crippen LogP contribution in [-0.4, -0.2) is 48.5 Å². The fraction of sp³-hybridized carbons (Fsp3) is 0.533. The van der Waals surface area contributed by atoms with Gasteiger partial charge >= 0.3 is 5.97 Å². The van der Waals surface area contributed by atoms with Crippen LogP contribution in [0.1, 0.15) is 35.7 Å². The number of nitrogens with zero attached hydrogens (tertiary/aromatic N) is 1. The third-order valence-electron chi connectivity index (χ3n) is 3.89. The lowest BCUT2D eigenvalue weighted by molar-refractivity contribution is 0.0697. The van der Waals surface area contributed by atoms with Crippen molar-refractivity contribution < 1.29 is 18.3 Å². The number of carboxylic acid groups (broad SMARTS) is 1. The van der Waals surface area contributed by atoms with E-state index in [1.165, 1.54) is 6.07 Å². The average molecular weight is 346 g/mol. The Kier molecular flexibility index (Phi) is 5.47. The summed E-state index contributed by atoms with van der Waals surface area (Å²) in [6.07, 6.45) is 1.58. The van der Waals surface area contributed by atoms with E-state index in [4.69, 9.17) is 16.7 Å². The van der Waals surface area contributed by atoms with Crippen molar-refractivity contribution in [1.82, 2.24) is 4.90 Å². The molecule has 2 rings (SSSR count). The molecule has 1 aliphatic rings. The Labute approximate surface area is 135 Å². The van der Waals surface area contributed by atoms with Gasteiger partial charge in [-0.3, -0.25) is 4.90 Å². The number of carbonyl (C=O) groups is 1. The molecule has 1 atom stereocenters. The predicted molar refractivity (Wildman–Crippen MR) is 86.2 cm³/mol. The van der Waals surface area contributed by atoms with Crippen molar-refractivity contribution in [1.29, 1.82) is 0 Å². The lowest BCUT2D eigenvalue weighted by Crippen LogP contribution is -2.36. The molecule has 0 aromatic heterocycles. The molecule has 0 radical (unpaired) electrons. The Balaban J connectivity index is 2.14. The molecule has 122 valence electrons. The maximum atomic E-state index is 11.7. The standard InChI is InChI=1S/C15H20ClNO4S/c1-2-6-17(12-5-7-22(20,21)10-12)9-11-3-4-13(15(18)19)14(16)8-11/h3-4,8,12H,2,5-7,9-10H2,1H3,(H,18,19). The molecule has 22 heavy (non-hydrogen) atoms. The van der Waals surface area contributed by atoms with Gasteiger partial charge in [-0.25, -0.2) is 13.2 Å². The molecule has 1 N–H and O–H groups in total. The van der Waals surface area contributed by atoms with Crippen molar-refractivity contribution in [2.24, 2.45) is 0 Å². The highest BCUT2D eigenvalue weighted by Gasteiger charge is 2.31. The SMILES string of the molecule is CCCN(Cc1ccc(C(=O)O)c(Cl)c1)C1CCS(=O)(=O)C1. The number of hydrogen-bond acceptors (Lipinski definition) is 4. The topological polar surface area (TPSA) is 74.7 Å². The maximum absolute atomic E-state index is 11.7. The van der Waals surface area contributed by atoms with E-state index in [9.17, 15) is 13.2 Å². The van der Waals surface area contributed by atoms with Gasteiger partial charge in [0.05, 0.1) is 22.1 Å². The van der Waals surface area contributed by atoms with Crippen LogP contribution in [0.25, 0.3) is 0 Å². The second-order valence-electron chi connectivity index (χ2n) is 5.65. The Hall–Kier alpha value is -1.11. The van der Waals surface area contributed by atoms with E-state index >= 15 is 0 Å². The molecule has 1 aliphatic heterocycles. The van der Waals surface area contributed by atoms with Crippen LogP contribution in [0.15, 0.2) is 18.2 Å². The van der Waals surface area contributed by atoms with E-state index in [2.05, 4.69) is 11.8 Å². The molecule has 1 aromatic rings. The Morgan fingerprint density at radius 2 is 2.18 bits per heavy atom. The fourth-order valence-electron chi connectivity index (χ4n) is 2.81. The van der Waals surface area contributed by atoms with E-state index in [0.717, 1.165) is 18.5 Å². The summed E-state index contributed by atoms with van der Waals surface area (Å²) >= 11 is 5.99. The van der Waals surface area contributed by atoms with Gasteiger partial charge in [-0.15, -0.1) is 0 Å². The minimum atomic E-state index is -2.92. The van der Waals surface area contributed by atoms with Crippen LogP contribution in [0, 0.1) is 0 Å². The molecular formula is C15H20ClNO4S. The van der Waals surface area contributed by atoms with Crippen LogP contribution in [0.5, 0.6) is 0 Å². The van der Waals surface area contributed by atoms with Gasteiger partial charge in [0.25, 0.3) is 0 Å². The molecule has 0 spiro atoms. The van der Waals surface area contributed by atoms with Gasteiger partial charge in [0, 0.05) is 12.6 Å². The highest BCUT2D eigenvalue weighted by molar-refractivity contribution is 7.91. The van der Waals surface area contributed by atoms with Crippen molar-refractivity contribution in [3.05, 3.63) is 34.3 Å². The number of hydrogen-bond donors (Lipinski definition) is 1. The third-order valence-corrected chi connectivity index (χ3v) is 5.95. The van der Waals surface area contributed by atoms with Gasteiger partial charge in [-0.1, -0.05) is 24.6 Å². The predicted octanol–water partition coefficient (Wildman–Crippen LogP) is 2.44. The summed E-state index contributed by atoms with van der Waals surface area (Å²) < 4.78 is 23.3. The van der Waals surface area contributed by atoms with Gasteiger partial charge < -0.3 is 5.11 Å². The molecular weight excluding hydrogens is 326 g/mol. The summed E-state index contributed by atoms with van der Waals surface area (Å²) in [4.78, 5) is 13.1. The van der Waals surface area contributed by atoms with E-state index in [1.54, 1.807) is 12.1 Å². The zero-order chi connectivity index (χ0) is 16.3. The van der Waals surface area contributed by atoms with Gasteiger partial charge in [0.15, 0.2) is 9.84 Å². The monoisotopic (exact) mass is 345 g/mol. The molecule has 0 saturated carbocycles. The quantitative estimate of drug-likeness (QED) is 0.857. The van der Waals surface area contributed by atoms with E-state index in [-0.39, 0.29) is 28.1 Å². The molecule has 7 heteroatoms. The summed E-state index contributed by atoms with van der Waals surface area (Å²) in [6.45, 7) is 3.43. The normalized spacial score (nSPS) is 20.4. The minimum absolute atomic E-state index is 0.0304. The summed E-state index contributed by atoms with van der Waals surface area (Å²) in [5, 5.41) is 9.20. The zero-order valence-corrected chi connectivity index (χ0v) is 14.0. The summed E-state index contributed by atoms with van der Waals surface area (Å²) in [7, 11) is -2.92. The molecule has 1 aromatic carbocycles. The lowest BCUT2D eigenvalue weighted by Gasteiger charge is -2.27. The molecule has 0 aliphatic carbocycles. The fourth-order valence-corrected chi connectivity index (χ4v) is 4.85. The van der Waals surface area contributed by atoms with Crippen LogP contribution in [0.3, 0.4) is 0 Å². The van der Waals surface area contributed by atoms with E-state index in [1.807, 2.05) is 0 Å². The maximum Gasteiger partial charge on any atom is 0.337 e. The highest BCUT2D eigenvalue weighted by Crippen LogP contribution is 2.23. The number of benzene rings is 1. The smallest absolute Gasteiger partial charge is 0.337 e.